The fourth-order valence-electron chi connectivity index (χ4n) is 3.10. The van der Waals surface area contributed by atoms with Crippen molar-refractivity contribution in [1.29, 1.82) is 0 Å². The average Bonchev–Trinajstić information content (AvgIpc) is 2.70. The van der Waals surface area contributed by atoms with Crippen LogP contribution in [0.4, 0.5) is 26.3 Å². The van der Waals surface area contributed by atoms with Gasteiger partial charge in [-0.15, -0.1) is 0 Å². The minimum Gasteiger partial charge on any atom is -0.206 e. The minimum atomic E-state index is -5.16. The van der Waals surface area contributed by atoms with E-state index >= 15 is 0 Å². The molecule has 3 rings (SSSR count). The predicted octanol–water partition coefficient (Wildman–Crippen LogP) is 7.53. The van der Waals surface area contributed by atoms with Crippen LogP contribution in [0.1, 0.15) is 42.0 Å². The van der Waals surface area contributed by atoms with Gasteiger partial charge in [0.25, 0.3) is 0 Å². The summed E-state index contributed by atoms with van der Waals surface area (Å²) >= 11 is 0. The van der Waals surface area contributed by atoms with Crippen LogP contribution >= 0.6 is 0 Å². The number of benzene rings is 3. The van der Waals surface area contributed by atoms with Gasteiger partial charge in [0.15, 0.2) is 0 Å². The summed E-state index contributed by atoms with van der Waals surface area (Å²) in [5.74, 6) is 0.542. The highest BCUT2D eigenvalue weighted by Crippen LogP contribution is 2.34. The van der Waals surface area contributed by atoms with Gasteiger partial charge in [-0.3, -0.25) is 0 Å². The van der Waals surface area contributed by atoms with E-state index in [-0.39, 0.29) is 11.1 Å². The lowest BCUT2D eigenvalue weighted by Gasteiger charge is -2.09. The van der Waals surface area contributed by atoms with Crippen molar-refractivity contribution in [3.05, 3.63) is 94.3 Å². The molecule has 0 N–H and O–H groups in total. The van der Waals surface area contributed by atoms with Gasteiger partial charge >= 0.3 is 6.18 Å². The van der Waals surface area contributed by atoms with Crippen LogP contribution in [0, 0.1) is 29.3 Å². The zero-order valence-corrected chi connectivity index (χ0v) is 16.6. The van der Waals surface area contributed by atoms with Crippen LogP contribution in [0.3, 0.4) is 0 Å². The minimum absolute atomic E-state index is 0.0379. The Hall–Kier alpha value is -3.20. The highest BCUT2D eigenvalue weighted by atomic mass is 19.4. The molecule has 160 valence electrons. The summed E-state index contributed by atoms with van der Waals surface area (Å²) in [7, 11) is 0. The van der Waals surface area contributed by atoms with Gasteiger partial charge in [-0.2, -0.15) is 13.2 Å². The van der Waals surface area contributed by atoms with Gasteiger partial charge in [-0.1, -0.05) is 55.5 Å². The van der Waals surface area contributed by atoms with Crippen molar-refractivity contribution in [1.82, 2.24) is 0 Å². The van der Waals surface area contributed by atoms with E-state index < -0.39 is 29.2 Å². The zero-order chi connectivity index (χ0) is 22.6. The molecule has 31 heavy (non-hydrogen) atoms. The van der Waals surface area contributed by atoms with E-state index in [1.807, 2.05) is 24.3 Å². The highest BCUT2D eigenvalue weighted by Gasteiger charge is 2.37. The molecule has 0 saturated carbocycles. The third-order valence-electron chi connectivity index (χ3n) is 4.74. The number of hydrogen-bond donors (Lipinski definition) is 0. The fraction of sp³-hybridized carbons (Fsp3) is 0.200. The van der Waals surface area contributed by atoms with E-state index in [1.165, 1.54) is 17.7 Å². The molecule has 0 heterocycles. The first kappa shape index (κ1) is 22.5. The lowest BCUT2D eigenvalue weighted by atomic mass is 10.0. The second-order valence-corrected chi connectivity index (χ2v) is 7.06. The number of hydrogen-bond acceptors (Lipinski definition) is 0. The molecule has 0 aliphatic heterocycles. The molecule has 0 aliphatic rings. The van der Waals surface area contributed by atoms with E-state index in [2.05, 4.69) is 18.8 Å². The summed E-state index contributed by atoms with van der Waals surface area (Å²) in [5.41, 5.74) is 0.319. The van der Waals surface area contributed by atoms with Crippen LogP contribution in [0.25, 0.3) is 11.1 Å². The van der Waals surface area contributed by atoms with Crippen molar-refractivity contribution in [2.75, 3.05) is 0 Å². The van der Waals surface area contributed by atoms with Crippen LogP contribution in [-0.2, 0) is 12.6 Å². The highest BCUT2D eigenvalue weighted by molar-refractivity contribution is 5.65. The van der Waals surface area contributed by atoms with Gasteiger partial charge < -0.3 is 0 Å². The first-order chi connectivity index (χ1) is 14.7. The predicted molar refractivity (Wildman–Crippen MR) is 108 cm³/mol. The van der Waals surface area contributed by atoms with Crippen molar-refractivity contribution < 1.29 is 26.3 Å². The summed E-state index contributed by atoms with van der Waals surface area (Å²) in [4.78, 5) is 0. The summed E-state index contributed by atoms with van der Waals surface area (Å²) in [6.45, 7) is 2.12. The molecule has 0 nitrogen and oxygen atoms in total. The Morgan fingerprint density at radius 3 is 1.90 bits per heavy atom. The molecule has 0 atom stereocenters. The fourth-order valence-corrected chi connectivity index (χ4v) is 3.10. The Kier molecular flexibility index (Phi) is 6.74. The molecule has 0 radical (unpaired) electrons. The number of rotatable bonds is 4. The van der Waals surface area contributed by atoms with Gasteiger partial charge in [-0.25, -0.2) is 13.2 Å². The van der Waals surface area contributed by atoms with Gasteiger partial charge in [0, 0.05) is 5.56 Å². The van der Waals surface area contributed by atoms with Crippen LogP contribution in [0.15, 0.2) is 54.6 Å². The molecule has 0 aliphatic carbocycles. The van der Waals surface area contributed by atoms with Crippen molar-refractivity contribution in [3.63, 3.8) is 0 Å². The van der Waals surface area contributed by atoms with E-state index in [1.54, 1.807) is 6.07 Å². The summed E-state index contributed by atoms with van der Waals surface area (Å²) in [6, 6.07) is 13.1. The lowest BCUT2D eigenvalue weighted by Crippen LogP contribution is -2.11. The third kappa shape index (κ3) is 5.49. The Morgan fingerprint density at radius 1 is 0.742 bits per heavy atom. The van der Waals surface area contributed by atoms with Crippen LogP contribution in [0.2, 0.25) is 0 Å². The van der Waals surface area contributed by atoms with Crippen molar-refractivity contribution in [2.24, 2.45) is 0 Å². The number of aryl methyl sites for hydroxylation is 1. The average molecular weight is 432 g/mol. The number of alkyl halides is 3. The monoisotopic (exact) mass is 432 g/mol. The first-order valence-electron chi connectivity index (χ1n) is 9.66. The van der Waals surface area contributed by atoms with Crippen molar-refractivity contribution >= 4 is 0 Å². The number of halogens is 6. The maximum Gasteiger partial charge on any atom is 0.422 e. The summed E-state index contributed by atoms with van der Waals surface area (Å²) < 4.78 is 79.7. The number of unbranched alkanes of at least 4 members (excludes halogenated alkanes) is 1. The van der Waals surface area contributed by atoms with Crippen LogP contribution in [0.5, 0.6) is 0 Å². The topological polar surface area (TPSA) is 0 Å². The standard InChI is InChI=1S/C25H18F6/c1-2-3-4-16-5-8-18(9-6-16)20-12-11-19(21(26)15-20)10-7-17-13-22(27)24(23(28)14-17)25(29,30)31/h5-6,8-9,11-15H,2-4H2,1H3. The Balaban J connectivity index is 1.83. The molecule has 0 fully saturated rings. The molecule has 0 saturated heterocycles. The van der Waals surface area contributed by atoms with Crippen molar-refractivity contribution in [3.8, 4) is 23.0 Å². The molecule has 0 spiro atoms. The Morgan fingerprint density at radius 2 is 1.35 bits per heavy atom. The normalized spacial score (nSPS) is 11.2. The lowest BCUT2D eigenvalue weighted by molar-refractivity contribution is -0.142. The molecular weight excluding hydrogens is 414 g/mol. The SMILES string of the molecule is CCCCc1ccc(-c2ccc(C#Cc3cc(F)c(C(F)(F)F)c(F)c3)c(F)c2)cc1. The molecule has 6 heteroatoms. The van der Waals surface area contributed by atoms with Gasteiger partial charge in [0.05, 0.1) is 5.56 Å². The van der Waals surface area contributed by atoms with E-state index in [4.69, 9.17) is 0 Å². The summed E-state index contributed by atoms with van der Waals surface area (Å²) in [6.07, 6.45) is -1.99. The molecule has 0 aromatic heterocycles. The molecule has 3 aromatic rings. The molecule has 3 aromatic carbocycles. The molecule has 0 amide bonds. The Bertz CT molecular complexity index is 1110. The largest absolute Gasteiger partial charge is 0.422 e. The van der Waals surface area contributed by atoms with Crippen molar-refractivity contribution in [2.45, 2.75) is 32.4 Å². The van der Waals surface area contributed by atoms with E-state index in [0.29, 0.717) is 17.7 Å². The zero-order valence-electron chi connectivity index (χ0n) is 16.6. The van der Waals surface area contributed by atoms with Gasteiger partial charge in [-0.05, 0) is 53.8 Å². The van der Waals surface area contributed by atoms with Crippen LogP contribution < -0.4 is 0 Å². The molecule has 0 bridgehead atoms. The second kappa shape index (κ2) is 9.30. The third-order valence-corrected chi connectivity index (χ3v) is 4.74. The van der Waals surface area contributed by atoms with Gasteiger partial charge in [0.2, 0.25) is 0 Å². The Labute approximate surface area is 176 Å². The maximum absolute atomic E-state index is 14.5. The second-order valence-electron chi connectivity index (χ2n) is 7.06. The first-order valence-corrected chi connectivity index (χ1v) is 9.66. The summed E-state index contributed by atoms with van der Waals surface area (Å²) in [5, 5.41) is 0. The molecule has 0 unspecified atom stereocenters. The quantitative estimate of drug-likeness (QED) is 0.295. The smallest absolute Gasteiger partial charge is 0.206 e. The van der Waals surface area contributed by atoms with Crippen LogP contribution in [-0.4, -0.2) is 0 Å². The maximum atomic E-state index is 14.5. The molecular formula is C25H18F6. The van der Waals surface area contributed by atoms with Gasteiger partial charge in [0.1, 0.15) is 23.0 Å². The van der Waals surface area contributed by atoms with E-state index in [9.17, 15) is 26.3 Å². The van der Waals surface area contributed by atoms with E-state index in [0.717, 1.165) is 24.8 Å².